The summed E-state index contributed by atoms with van der Waals surface area (Å²) in [5.41, 5.74) is 5.08. The van der Waals surface area contributed by atoms with E-state index in [1.54, 1.807) is 30.3 Å². The van der Waals surface area contributed by atoms with Gasteiger partial charge in [-0.25, -0.2) is 13.2 Å². The van der Waals surface area contributed by atoms with Crippen LogP contribution in [0.15, 0.2) is 74.2 Å². The Morgan fingerprint density at radius 1 is 0.976 bits per heavy atom. The van der Waals surface area contributed by atoms with Crippen molar-refractivity contribution in [3.63, 3.8) is 0 Å². The number of carbonyl (C=O) groups excluding carboxylic acids is 2. The summed E-state index contributed by atoms with van der Waals surface area (Å²) in [6.07, 6.45) is 2.75. The fourth-order valence-corrected chi connectivity index (χ4v) is 8.25. The van der Waals surface area contributed by atoms with Crippen molar-refractivity contribution in [2.45, 2.75) is 74.5 Å². The molecule has 0 unspecified atom stereocenters. The number of fused-ring (bicyclic) bond motifs is 1. The fraction of sp³-hybridized carbons (Fsp3) is 0.333. The standard InChI is InChI=1S/C33H35NO6S2/c1-20-16-24-25(33(4,5)15-14-32(24,2)3)18-21(20)17-22-12-13-26(40-22)30(35)34-28-27(19-41-29(28)31(36)39-6)42(37,38)23-10-8-7-9-11-23/h7-13,16,18-19H,14-15,17H2,1-6H3,(H,34,35). The predicted octanol–water partition coefficient (Wildman–Crippen LogP) is 7.46. The van der Waals surface area contributed by atoms with E-state index in [1.165, 1.54) is 41.3 Å². The molecular formula is C33H35NO6S2. The summed E-state index contributed by atoms with van der Waals surface area (Å²) >= 11 is 0.888. The van der Waals surface area contributed by atoms with Crippen LogP contribution >= 0.6 is 11.3 Å². The Hall–Kier alpha value is -3.69. The molecule has 0 spiro atoms. The highest BCUT2D eigenvalue weighted by Gasteiger charge is 2.37. The molecule has 1 N–H and O–H groups in total. The lowest BCUT2D eigenvalue weighted by Gasteiger charge is -2.42. The predicted molar refractivity (Wildman–Crippen MR) is 163 cm³/mol. The van der Waals surface area contributed by atoms with Gasteiger partial charge in [-0.3, -0.25) is 4.79 Å². The SMILES string of the molecule is COC(=O)c1scc(S(=O)(=O)c2ccccc2)c1NC(=O)c1ccc(Cc2cc3c(cc2C)C(C)(C)CCC3(C)C)o1. The van der Waals surface area contributed by atoms with Gasteiger partial charge in [0, 0.05) is 11.8 Å². The summed E-state index contributed by atoms with van der Waals surface area (Å²) in [6, 6.07) is 15.7. The molecule has 0 radical (unpaired) electrons. The van der Waals surface area contributed by atoms with E-state index < -0.39 is 21.7 Å². The molecule has 0 bridgehead atoms. The maximum atomic E-state index is 13.4. The number of ether oxygens (including phenoxy) is 1. The van der Waals surface area contributed by atoms with Crippen molar-refractivity contribution in [1.82, 2.24) is 0 Å². The van der Waals surface area contributed by atoms with Crippen molar-refractivity contribution in [3.05, 3.63) is 98.6 Å². The van der Waals surface area contributed by atoms with Crippen LogP contribution in [0.4, 0.5) is 5.69 Å². The first-order valence-electron chi connectivity index (χ1n) is 13.8. The van der Waals surface area contributed by atoms with Gasteiger partial charge in [-0.1, -0.05) is 58.0 Å². The molecular weight excluding hydrogens is 570 g/mol. The van der Waals surface area contributed by atoms with E-state index in [1.807, 2.05) is 0 Å². The van der Waals surface area contributed by atoms with Crippen LogP contribution in [0.2, 0.25) is 0 Å². The smallest absolute Gasteiger partial charge is 0.350 e. The Kier molecular flexibility index (Phi) is 7.70. The number of amides is 1. The van der Waals surface area contributed by atoms with Gasteiger partial charge in [-0.05, 0) is 77.1 Å². The van der Waals surface area contributed by atoms with Crippen molar-refractivity contribution in [1.29, 1.82) is 0 Å². The van der Waals surface area contributed by atoms with Gasteiger partial charge >= 0.3 is 5.97 Å². The van der Waals surface area contributed by atoms with E-state index in [9.17, 15) is 18.0 Å². The van der Waals surface area contributed by atoms with Crippen LogP contribution in [-0.4, -0.2) is 27.4 Å². The molecule has 0 saturated carbocycles. The maximum Gasteiger partial charge on any atom is 0.350 e. The van der Waals surface area contributed by atoms with E-state index in [0.717, 1.165) is 29.7 Å². The van der Waals surface area contributed by atoms with Crippen molar-refractivity contribution in [3.8, 4) is 0 Å². The average Bonchev–Trinajstić information content (AvgIpc) is 3.60. The Morgan fingerprint density at radius 3 is 2.26 bits per heavy atom. The summed E-state index contributed by atoms with van der Waals surface area (Å²) in [7, 11) is -2.83. The topological polar surface area (TPSA) is 103 Å². The number of rotatable bonds is 7. The number of benzene rings is 2. The zero-order valence-electron chi connectivity index (χ0n) is 24.7. The molecule has 5 rings (SSSR count). The lowest BCUT2D eigenvalue weighted by molar-refractivity contribution is 0.0607. The average molecular weight is 606 g/mol. The summed E-state index contributed by atoms with van der Waals surface area (Å²) in [4.78, 5) is 25.6. The number of aryl methyl sites for hydroxylation is 1. The highest BCUT2D eigenvalue weighted by Crippen LogP contribution is 2.46. The van der Waals surface area contributed by atoms with Crippen LogP contribution < -0.4 is 5.32 Å². The van der Waals surface area contributed by atoms with Crippen LogP contribution in [0.5, 0.6) is 0 Å². The van der Waals surface area contributed by atoms with Crippen molar-refractivity contribution in [2.75, 3.05) is 12.4 Å². The van der Waals surface area contributed by atoms with Gasteiger partial charge in [-0.2, -0.15) is 0 Å². The van der Waals surface area contributed by atoms with Gasteiger partial charge in [0.25, 0.3) is 5.91 Å². The molecule has 2 aromatic carbocycles. The number of hydrogen-bond acceptors (Lipinski definition) is 7. The quantitative estimate of drug-likeness (QED) is 0.219. The number of esters is 1. The summed E-state index contributed by atoms with van der Waals surface area (Å²) in [5, 5.41) is 3.95. The lowest BCUT2D eigenvalue weighted by atomic mass is 9.62. The lowest BCUT2D eigenvalue weighted by Crippen LogP contribution is -2.34. The number of sulfone groups is 1. The van der Waals surface area contributed by atoms with Gasteiger partial charge in [0.2, 0.25) is 9.84 Å². The molecule has 2 aromatic heterocycles. The number of hydrogen-bond donors (Lipinski definition) is 1. The Labute approximate surface area is 250 Å². The fourth-order valence-electron chi connectivity index (χ4n) is 5.54. The van der Waals surface area contributed by atoms with Crippen molar-refractivity contribution >= 4 is 38.7 Å². The molecule has 220 valence electrons. The molecule has 1 aliphatic carbocycles. The van der Waals surface area contributed by atoms with Crippen LogP contribution in [0.25, 0.3) is 0 Å². The third kappa shape index (κ3) is 5.43. The number of anilines is 1. The molecule has 0 saturated heterocycles. The molecule has 0 atom stereocenters. The molecule has 0 aliphatic heterocycles. The Balaban J connectivity index is 1.44. The molecule has 0 fully saturated rings. The van der Waals surface area contributed by atoms with E-state index in [0.29, 0.717) is 12.2 Å². The second-order valence-electron chi connectivity index (χ2n) is 12.1. The van der Waals surface area contributed by atoms with Crippen LogP contribution in [0, 0.1) is 6.92 Å². The van der Waals surface area contributed by atoms with Crippen LogP contribution in [0.3, 0.4) is 0 Å². The monoisotopic (exact) mass is 605 g/mol. The highest BCUT2D eigenvalue weighted by atomic mass is 32.2. The van der Waals surface area contributed by atoms with E-state index >= 15 is 0 Å². The van der Waals surface area contributed by atoms with Crippen LogP contribution in [0.1, 0.15) is 88.8 Å². The number of carbonyl (C=O) groups is 2. The van der Waals surface area contributed by atoms with E-state index in [4.69, 9.17) is 9.15 Å². The zero-order chi connectivity index (χ0) is 30.4. The minimum absolute atomic E-state index is 0.00662. The number of nitrogens with one attached hydrogen (secondary N) is 1. The normalized spacial score (nSPS) is 15.6. The Bertz CT molecular complexity index is 1780. The van der Waals surface area contributed by atoms with Gasteiger partial charge in [0.1, 0.15) is 15.5 Å². The number of methoxy groups -OCH3 is 1. The molecule has 7 nitrogen and oxygen atoms in total. The minimum Gasteiger partial charge on any atom is -0.465 e. The molecule has 4 aromatic rings. The van der Waals surface area contributed by atoms with E-state index in [-0.39, 0.29) is 36.9 Å². The summed E-state index contributed by atoms with van der Waals surface area (Å²) in [6.45, 7) is 11.3. The molecule has 1 amide bonds. The first-order chi connectivity index (χ1) is 19.7. The van der Waals surface area contributed by atoms with Crippen molar-refractivity contribution < 1.29 is 27.2 Å². The van der Waals surface area contributed by atoms with Gasteiger partial charge in [0.05, 0.1) is 17.7 Å². The first kappa shape index (κ1) is 29.8. The first-order valence-corrected chi connectivity index (χ1v) is 16.2. The largest absolute Gasteiger partial charge is 0.465 e. The number of furan rings is 1. The van der Waals surface area contributed by atoms with E-state index in [2.05, 4.69) is 52.1 Å². The molecule has 9 heteroatoms. The zero-order valence-corrected chi connectivity index (χ0v) is 26.3. The van der Waals surface area contributed by atoms with Crippen molar-refractivity contribution in [2.24, 2.45) is 0 Å². The van der Waals surface area contributed by atoms with Crippen LogP contribution in [-0.2, 0) is 31.8 Å². The third-order valence-corrected chi connectivity index (χ3v) is 11.2. The van der Waals surface area contributed by atoms with Gasteiger partial charge in [-0.15, -0.1) is 11.3 Å². The second kappa shape index (κ2) is 10.9. The molecule has 2 heterocycles. The third-order valence-electron chi connectivity index (χ3n) is 8.27. The molecule has 1 aliphatic rings. The minimum atomic E-state index is -4.03. The maximum absolute atomic E-state index is 13.4. The summed E-state index contributed by atoms with van der Waals surface area (Å²) < 4.78 is 37.6. The van der Waals surface area contributed by atoms with Gasteiger partial charge in [0.15, 0.2) is 5.76 Å². The molecule has 42 heavy (non-hydrogen) atoms. The summed E-state index contributed by atoms with van der Waals surface area (Å²) in [5.74, 6) is -0.808. The second-order valence-corrected chi connectivity index (χ2v) is 14.9. The highest BCUT2D eigenvalue weighted by molar-refractivity contribution is 7.91. The number of thiophene rings is 1. The van der Waals surface area contributed by atoms with Gasteiger partial charge < -0.3 is 14.5 Å². The Morgan fingerprint density at radius 2 is 1.62 bits per heavy atom.